The number of hydrogen-bond donors (Lipinski definition) is 1. The molecular weight excluding hydrogens is 963 g/mol. The Morgan fingerprint density at radius 1 is 0.500 bits per heavy atom. The first kappa shape index (κ1) is 49.6. The molecule has 0 atom stereocenters. The highest BCUT2D eigenvalue weighted by molar-refractivity contribution is 7.87. The monoisotopic (exact) mass is 1020 g/mol. The number of imidazole rings is 3. The van der Waals surface area contributed by atoms with Gasteiger partial charge in [-0.3, -0.25) is 8.37 Å². The Morgan fingerprint density at radius 3 is 1.28 bits per heavy atom. The van der Waals surface area contributed by atoms with E-state index < -0.39 is 20.2 Å². The number of hydrogen-bond acceptors (Lipinski definition) is 9. The number of rotatable bonds is 12. The second kappa shape index (κ2) is 22.3. The van der Waals surface area contributed by atoms with Crippen LogP contribution in [0.3, 0.4) is 0 Å². The smallest absolute Gasteiger partial charge is 0.296 e. The third-order valence-electron chi connectivity index (χ3n) is 12.9. The van der Waals surface area contributed by atoms with Gasteiger partial charge in [0.2, 0.25) is 15.9 Å². The van der Waals surface area contributed by atoms with E-state index in [-0.39, 0.29) is 34.8 Å². The molecule has 3 heterocycles. The molecule has 0 aliphatic heterocycles. The average Bonchev–Trinajstić information content (AvgIpc) is 3.99. The lowest BCUT2D eigenvalue weighted by Crippen LogP contribution is -2.24. The largest absolute Gasteiger partial charge is 0.329 e. The van der Waals surface area contributed by atoms with E-state index in [1.165, 1.54) is 25.7 Å². The Balaban J connectivity index is 0.000000153. The van der Waals surface area contributed by atoms with Gasteiger partial charge < -0.3 is 14.1 Å². The Kier molecular flexibility index (Phi) is 16.3. The quantitative estimate of drug-likeness (QED) is 0.118. The van der Waals surface area contributed by atoms with E-state index in [4.69, 9.17) is 43.2 Å². The van der Waals surface area contributed by atoms with Gasteiger partial charge >= 0.3 is 0 Å². The number of H-pyrrole nitrogens is 1. The van der Waals surface area contributed by atoms with Gasteiger partial charge in [-0.15, -0.1) is 0 Å². The zero-order valence-corrected chi connectivity index (χ0v) is 41.9. The van der Waals surface area contributed by atoms with Gasteiger partial charge in [0, 0.05) is 13.1 Å². The van der Waals surface area contributed by atoms with Gasteiger partial charge in [-0.2, -0.15) is 16.8 Å². The van der Waals surface area contributed by atoms with E-state index >= 15 is 0 Å². The molecule has 17 heteroatoms. The van der Waals surface area contributed by atoms with Crippen LogP contribution in [-0.4, -0.2) is 59.1 Å². The van der Waals surface area contributed by atoms with Crippen molar-refractivity contribution in [2.24, 2.45) is 23.7 Å². The highest BCUT2D eigenvalue weighted by Crippen LogP contribution is 2.35. The number of halogens is 3. The van der Waals surface area contributed by atoms with Gasteiger partial charge in [-0.1, -0.05) is 71.8 Å². The van der Waals surface area contributed by atoms with Gasteiger partial charge in [0.1, 0.15) is 0 Å². The fourth-order valence-corrected chi connectivity index (χ4v) is 11.6. The van der Waals surface area contributed by atoms with Crippen molar-refractivity contribution in [3.63, 3.8) is 0 Å². The third kappa shape index (κ3) is 12.7. The predicted molar refractivity (Wildman–Crippen MR) is 270 cm³/mol. The Morgan fingerprint density at radius 2 is 0.868 bits per heavy atom. The summed E-state index contributed by atoms with van der Waals surface area (Å²) in [5, 5.41) is 1.64. The van der Waals surface area contributed by atoms with Crippen LogP contribution in [0.25, 0.3) is 33.1 Å². The maximum atomic E-state index is 12.3. The van der Waals surface area contributed by atoms with Crippen LogP contribution in [0.5, 0.6) is 0 Å². The highest BCUT2D eigenvalue weighted by Gasteiger charge is 2.27. The molecule has 3 aromatic heterocycles. The molecule has 68 heavy (non-hydrogen) atoms. The fourth-order valence-electron chi connectivity index (χ4n) is 8.96. The normalized spacial score (nSPS) is 18.8. The predicted octanol–water partition coefficient (Wildman–Crippen LogP) is 12.6. The zero-order valence-electron chi connectivity index (χ0n) is 38.0. The number of nitrogens with zero attached hydrogens (tertiary/aromatic N) is 5. The van der Waals surface area contributed by atoms with E-state index in [2.05, 4.69) is 41.2 Å². The van der Waals surface area contributed by atoms with Crippen LogP contribution in [-0.2, 0) is 41.7 Å². The Hall–Kier alpha value is -4.80. The third-order valence-corrected chi connectivity index (χ3v) is 16.3. The van der Waals surface area contributed by atoms with Crippen LogP contribution in [0.4, 0.5) is 0 Å². The molecule has 2 aliphatic carbocycles. The molecule has 0 amide bonds. The van der Waals surface area contributed by atoms with E-state index in [1.54, 1.807) is 48.5 Å². The minimum Gasteiger partial charge on any atom is -0.329 e. The highest BCUT2D eigenvalue weighted by atomic mass is 35.5. The van der Waals surface area contributed by atoms with Crippen molar-refractivity contribution in [2.45, 2.75) is 88.1 Å². The van der Waals surface area contributed by atoms with E-state index in [9.17, 15) is 16.8 Å². The van der Waals surface area contributed by atoms with Crippen LogP contribution in [0.2, 0.25) is 15.9 Å². The van der Waals surface area contributed by atoms with E-state index in [0.717, 1.165) is 83.0 Å². The summed E-state index contributed by atoms with van der Waals surface area (Å²) in [7, 11) is -7.51. The fraction of sp³-hybridized carbons (Fsp3) is 0.353. The molecule has 2 saturated carbocycles. The van der Waals surface area contributed by atoms with Crippen LogP contribution in [0.15, 0.2) is 131 Å². The minimum absolute atomic E-state index is 0.134. The molecule has 358 valence electrons. The lowest BCUT2D eigenvalue weighted by Gasteiger charge is -2.29. The summed E-state index contributed by atoms with van der Waals surface area (Å²) >= 11 is 18.4. The van der Waals surface area contributed by atoms with E-state index in [0.29, 0.717) is 27.7 Å². The molecule has 1 N–H and O–H groups in total. The van der Waals surface area contributed by atoms with Gasteiger partial charge in [-0.25, -0.2) is 15.0 Å². The topological polar surface area (TPSA) is 151 Å². The van der Waals surface area contributed by atoms with Crippen molar-refractivity contribution in [2.75, 3.05) is 13.2 Å². The van der Waals surface area contributed by atoms with Crippen molar-refractivity contribution in [3.05, 3.63) is 148 Å². The Bertz CT molecular complexity index is 2950. The second-order valence-electron chi connectivity index (χ2n) is 17.9. The number of aromatic amines is 1. The molecule has 0 bridgehead atoms. The maximum Gasteiger partial charge on any atom is 0.296 e. The number of nitrogens with one attached hydrogen (secondary N) is 1. The molecular formula is C51H55Cl3N6O6S2. The van der Waals surface area contributed by atoms with E-state index in [1.807, 2.05) is 74.5 Å². The lowest BCUT2D eigenvalue weighted by molar-refractivity contribution is 0.153. The van der Waals surface area contributed by atoms with Crippen molar-refractivity contribution in [3.8, 4) is 0 Å². The first-order chi connectivity index (χ1) is 32.7. The second-order valence-corrected chi connectivity index (χ2v) is 22.1. The summed E-state index contributed by atoms with van der Waals surface area (Å²) in [4.78, 5) is 16.2. The molecule has 10 rings (SSSR count). The van der Waals surface area contributed by atoms with Crippen molar-refractivity contribution in [1.29, 1.82) is 0 Å². The molecule has 8 aromatic rings. The van der Waals surface area contributed by atoms with Crippen molar-refractivity contribution < 1.29 is 25.2 Å². The summed E-state index contributed by atoms with van der Waals surface area (Å²) in [6.45, 7) is 5.97. The van der Waals surface area contributed by atoms with Crippen LogP contribution in [0, 0.1) is 37.5 Å². The van der Waals surface area contributed by atoms with Crippen LogP contribution in [0.1, 0.15) is 62.5 Å². The van der Waals surface area contributed by atoms with Gasteiger partial charge in [-0.05, 0) is 184 Å². The summed E-state index contributed by atoms with van der Waals surface area (Å²) in [5.74, 6) is 1.55. The van der Waals surface area contributed by atoms with Gasteiger partial charge in [0.25, 0.3) is 20.2 Å². The number of benzene rings is 5. The summed E-state index contributed by atoms with van der Waals surface area (Å²) in [6, 6.07) is 37.2. The zero-order chi connectivity index (χ0) is 47.8. The number of aryl methyl sites for hydroxylation is 2. The van der Waals surface area contributed by atoms with Crippen LogP contribution >= 0.6 is 34.8 Å². The molecule has 0 spiro atoms. The summed E-state index contributed by atoms with van der Waals surface area (Å²) in [5.41, 5.74) is 8.07. The molecule has 2 fully saturated rings. The Labute approximate surface area is 413 Å². The van der Waals surface area contributed by atoms with Crippen molar-refractivity contribution in [1.82, 2.24) is 29.1 Å². The number of aromatic nitrogens is 6. The summed E-state index contributed by atoms with van der Waals surface area (Å²) in [6.07, 6.45) is 7.94. The number of para-hydroxylation sites is 6. The van der Waals surface area contributed by atoms with Gasteiger partial charge in [0.15, 0.2) is 0 Å². The molecule has 2 aliphatic rings. The lowest BCUT2D eigenvalue weighted by atomic mass is 9.82. The SMILES string of the molecule is Cc1ccc(S(=O)(=O)OCC2CCC(COS(=O)(=O)c3ccc(C)cc3)CC2)cc1.Clc1nc2ccccc2[nH]1.Clc1nc2ccccc2n1CC1CCC(Cn2c(Cl)nc3ccccc32)CC1. The maximum absolute atomic E-state index is 12.3. The molecule has 5 aromatic carbocycles. The number of fused-ring (bicyclic) bond motifs is 3. The minimum atomic E-state index is -3.76. The summed E-state index contributed by atoms with van der Waals surface area (Å²) < 4.78 is 64.1. The first-order valence-electron chi connectivity index (χ1n) is 22.9. The average molecular weight is 1020 g/mol. The molecule has 0 radical (unpaired) electrons. The first-order valence-corrected chi connectivity index (χ1v) is 26.9. The molecule has 0 saturated heterocycles. The standard InChI is InChI=1S/C22H22Cl2N4.C22H28O6S2.C7H5ClN2/c23-21-25-17-5-1-3-7-19(17)27(21)13-15-9-11-16(12-10-15)14-28-20-8-4-2-6-18(20)26-22(28)24;1-17-3-11-21(12-4-17)29(23,24)27-15-19-7-9-20(10-8-19)16-28-30(25,26)22-13-5-18(2)6-14-22;8-7-9-5-3-1-2-4-6(5)10-7/h1-8,15-16H,9-14H2;3-6,11-14,19-20H,7-10,15-16H2,1-2H3;1-4H,(H,9,10). The van der Waals surface area contributed by atoms with Crippen molar-refractivity contribution >= 4 is 88.1 Å². The van der Waals surface area contributed by atoms with Gasteiger partial charge in [0.05, 0.1) is 56.1 Å². The molecule has 0 unspecified atom stereocenters. The molecule has 12 nitrogen and oxygen atoms in total. The van der Waals surface area contributed by atoms with Crippen LogP contribution < -0.4 is 0 Å².